The molecule has 0 aromatic heterocycles. The van der Waals surface area contributed by atoms with Gasteiger partial charge in [-0.25, -0.2) is 4.79 Å². The van der Waals surface area contributed by atoms with Gasteiger partial charge in [-0.05, 0) is 36.5 Å². The molecule has 4 nitrogen and oxygen atoms in total. The number of ether oxygens (including phenoxy) is 1. The Balaban J connectivity index is 1.82. The Morgan fingerprint density at radius 1 is 1.56 bits per heavy atom. The Bertz CT molecular complexity index is 415. The lowest BCUT2D eigenvalue weighted by Crippen LogP contribution is -2.29. The molecule has 18 heavy (non-hydrogen) atoms. The maximum atomic E-state index is 10.8. The first kappa shape index (κ1) is 13.1. The minimum Gasteiger partial charge on any atom is -0.478 e. The third-order valence-corrected chi connectivity index (χ3v) is 3.30. The first-order valence-corrected chi connectivity index (χ1v) is 6.26. The van der Waals surface area contributed by atoms with Crippen molar-refractivity contribution in [1.82, 2.24) is 5.32 Å². The molecule has 1 unspecified atom stereocenters. The maximum Gasteiger partial charge on any atom is 0.335 e. The van der Waals surface area contributed by atoms with Gasteiger partial charge in [0.05, 0.1) is 11.7 Å². The van der Waals surface area contributed by atoms with Crippen molar-refractivity contribution in [1.29, 1.82) is 0 Å². The predicted molar refractivity (Wildman–Crippen MR) is 68.6 cm³/mol. The van der Waals surface area contributed by atoms with Crippen LogP contribution in [-0.2, 0) is 11.3 Å². The fourth-order valence-corrected chi connectivity index (χ4v) is 2.08. The van der Waals surface area contributed by atoms with Crippen LogP contribution >= 0.6 is 0 Å². The number of rotatable bonds is 7. The summed E-state index contributed by atoms with van der Waals surface area (Å²) >= 11 is 0. The van der Waals surface area contributed by atoms with Crippen LogP contribution in [0.3, 0.4) is 0 Å². The van der Waals surface area contributed by atoms with Crippen molar-refractivity contribution in [2.24, 2.45) is 5.92 Å². The first-order valence-electron chi connectivity index (χ1n) is 6.26. The smallest absolute Gasteiger partial charge is 0.335 e. The summed E-state index contributed by atoms with van der Waals surface area (Å²) in [5.41, 5.74) is 1.32. The molecule has 1 aliphatic carbocycles. The van der Waals surface area contributed by atoms with Gasteiger partial charge in [-0.3, -0.25) is 0 Å². The Kier molecular flexibility index (Phi) is 4.33. The molecule has 1 fully saturated rings. The van der Waals surface area contributed by atoms with Crippen LogP contribution in [0.15, 0.2) is 24.3 Å². The lowest BCUT2D eigenvalue weighted by atomic mass is 10.1. The second kappa shape index (κ2) is 5.98. The highest BCUT2D eigenvalue weighted by atomic mass is 16.5. The van der Waals surface area contributed by atoms with E-state index in [2.05, 4.69) is 5.32 Å². The second-order valence-corrected chi connectivity index (χ2v) is 4.75. The molecule has 0 aliphatic heterocycles. The Labute approximate surface area is 107 Å². The largest absolute Gasteiger partial charge is 0.478 e. The number of aromatic carboxylic acids is 1. The molecule has 4 heteroatoms. The van der Waals surface area contributed by atoms with Crippen molar-refractivity contribution in [3.05, 3.63) is 35.4 Å². The molecule has 98 valence electrons. The summed E-state index contributed by atoms with van der Waals surface area (Å²) in [5.74, 6) is -0.183. The number of hydrogen-bond donors (Lipinski definition) is 2. The van der Waals surface area contributed by atoms with Crippen LogP contribution in [0.5, 0.6) is 0 Å². The van der Waals surface area contributed by atoms with E-state index >= 15 is 0 Å². The van der Waals surface area contributed by atoms with Gasteiger partial charge in [-0.1, -0.05) is 12.1 Å². The van der Waals surface area contributed by atoms with Crippen molar-refractivity contribution in [3.8, 4) is 0 Å². The van der Waals surface area contributed by atoms with Crippen LogP contribution in [-0.4, -0.2) is 30.8 Å². The normalized spacial score (nSPS) is 16.5. The minimum atomic E-state index is -0.885. The Morgan fingerprint density at radius 3 is 2.94 bits per heavy atom. The molecule has 0 heterocycles. The molecular weight excluding hydrogens is 230 g/mol. The molecule has 2 rings (SSSR count). The summed E-state index contributed by atoms with van der Waals surface area (Å²) in [6, 6.07) is 7.01. The van der Waals surface area contributed by atoms with E-state index in [4.69, 9.17) is 9.84 Å². The number of nitrogens with one attached hydrogen (secondary N) is 1. The molecule has 0 radical (unpaired) electrons. The zero-order chi connectivity index (χ0) is 13.0. The molecule has 0 saturated heterocycles. The maximum absolute atomic E-state index is 10.8. The number of hydrogen-bond acceptors (Lipinski definition) is 3. The van der Waals surface area contributed by atoms with E-state index in [0.717, 1.165) is 12.1 Å². The lowest BCUT2D eigenvalue weighted by molar-refractivity contribution is 0.0696. The summed E-state index contributed by atoms with van der Waals surface area (Å²) in [6.45, 7) is 1.49. The zero-order valence-corrected chi connectivity index (χ0v) is 10.6. The highest BCUT2D eigenvalue weighted by Gasteiger charge is 2.30. The minimum absolute atomic E-state index is 0.285. The summed E-state index contributed by atoms with van der Waals surface area (Å²) in [7, 11) is 1.75. The van der Waals surface area contributed by atoms with Gasteiger partial charge in [0.25, 0.3) is 0 Å². The van der Waals surface area contributed by atoms with Gasteiger partial charge in [-0.15, -0.1) is 0 Å². The zero-order valence-electron chi connectivity index (χ0n) is 10.6. The third-order valence-electron chi connectivity index (χ3n) is 3.30. The molecule has 1 aromatic carbocycles. The summed E-state index contributed by atoms with van der Waals surface area (Å²) < 4.78 is 5.42. The van der Waals surface area contributed by atoms with Crippen LogP contribution in [0.25, 0.3) is 0 Å². The molecule has 0 bridgehead atoms. The van der Waals surface area contributed by atoms with E-state index in [0.29, 0.717) is 18.0 Å². The molecule has 2 N–H and O–H groups in total. The monoisotopic (exact) mass is 249 g/mol. The van der Waals surface area contributed by atoms with Crippen molar-refractivity contribution in [2.75, 3.05) is 13.7 Å². The predicted octanol–water partition coefficient (Wildman–Crippen LogP) is 1.90. The molecule has 0 amide bonds. The summed E-state index contributed by atoms with van der Waals surface area (Å²) in [6.07, 6.45) is 2.80. The number of carboxylic acid groups (broad SMARTS) is 1. The van der Waals surface area contributed by atoms with E-state index in [9.17, 15) is 4.79 Å². The van der Waals surface area contributed by atoms with Gasteiger partial charge in [0.1, 0.15) is 0 Å². The topological polar surface area (TPSA) is 58.6 Å². The van der Waals surface area contributed by atoms with Gasteiger partial charge in [0.2, 0.25) is 0 Å². The molecular formula is C14H19NO3. The van der Waals surface area contributed by atoms with Gasteiger partial charge < -0.3 is 15.2 Å². The quantitative estimate of drug-likeness (QED) is 0.775. The molecule has 1 saturated carbocycles. The van der Waals surface area contributed by atoms with E-state index in [-0.39, 0.29) is 6.10 Å². The number of carbonyl (C=O) groups is 1. The standard InChI is InChI=1S/C14H19NO3/c1-18-13(11-5-6-11)9-15-8-10-3-2-4-12(7-10)14(16)17/h2-4,7,11,13,15H,5-6,8-9H2,1H3,(H,16,17). The van der Waals surface area contributed by atoms with Crippen LogP contribution in [0, 0.1) is 5.92 Å². The lowest BCUT2D eigenvalue weighted by Gasteiger charge is -2.15. The van der Waals surface area contributed by atoms with Crippen molar-refractivity contribution in [3.63, 3.8) is 0 Å². The Hall–Kier alpha value is -1.39. The highest BCUT2D eigenvalue weighted by Crippen LogP contribution is 2.33. The fourth-order valence-electron chi connectivity index (χ4n) is 2.08. The van der Waals surface area contributed by atoms with Crippen LogP contribution < -0.4 is 5.32 Å². The molecule has 1 atom stereocenters. The third kappa shape index (κ3) is 3.55. The molecule has 0 spiro atoms. The van der Waals surface area contributed by atoms with Gasteiger partial charge in [0.15, 0.2) is 0 Å². The number of benzene rings is 1. The van der Waals surface area contributed by atoms with Crippen LogP contribution in [0.2, 0.25) is 0 Å². The fraction of sp³-hybridized carbons (Fsp3) is 0.500. The average Bonchev–Trinajstić information content (AvgIpc) is 3.19. The molecule has 1 aromatic rings. The Morgan fingerprint density at radius 2 is 2.33 bits per heavy atom. The van der Waals surface area contributed by atoms with Crippen molar-refractivity contribution >= 4 is 5.97 Å². The van der Waals surface area contributed by atoms with E-state index < -0.39 is 5.97 Å². The number of methoxy groups -OCH3 is 1. The van der Waals surface area contributed by atoms with Crippen LogP contribution in [0.4, 0.5) is 0 Å². The van der Waals surface area contributed by atoms with Crippen LogP contribution in [0.1, 0.15) is 28.8 Å². The average molecular weight is 249 g/mol. The number of carboxylic acids is 1. The van der Waals surface area contributed by atoms with E-state index in [1.165, 1.54) is 12.8 Å². The van der Waals surface area contributed by atoms with Gasteiger partial charge in [-0.2, -0.15) is 0 Å². The van der Waals surface area contributed by atoms with Crippen molar-refractivity contribution < 1.29 is 14.6 Å². The summed E-state index contributed by atoms with van der Waals surface area (Å²) in [4.78, 5) is 10.8. The van der Waals surface area contributed by atoms with E-state index in [1.54, 1.807) is 25.3 Å². The molecule has 1 aliphatic rings. The van der Waals surface area contributed by atoms with E-state index in [1.807, 2.05) is 6.07 Å². The highest BCUT2D eigenvalue weighted by molar-refractivity contribution is 5.87. The van der Waals surface area contributed by atoms with Crippen molar-refractivity contribution in [2.45, 2.75) is 25.5 Å². The first-order chi connectivity index (χ1) is 8.70. The second-order valence-electron chi connectivity index (χ2n) is 4.75. The van der Waals surface area contributed by atoms with Gasteiger partial charge in [0, 0.05) is 20.2 Å². The van der Waals surface area contributed by atoms with Gasteiger partial charge >= 0.3 is 5.97 Å². The SMILES string of the molecule is COC(CNCc1cccc(C(=O)O)c1)C1CC1. The summed E-state index contributed by atoms with van der Waals surface area (Å²) in [5, 5.41) is 12.2.